The van der Waals surface area contributed by atoms with Gasteiger partial charge in [0.15, 0.2) is 0 Å². The molecule has 4 nitrogen and oxygen atoms in total. The van der Waals surface area contributed by atoms with Gasteiger partial charge in [-0.05, 0) is 12.1 Å². The van der Waals surface area contributed by atoms with Crippen LogP contribution in [0.2, 0.25) is 0 Å². The van der Waals surface area contributed by atoms with Gasteiger partial charge in [0.05, 0.1) is 5.69 Å². The van der Waals surface area contributed by atoms with E-state index in [4.69, 9.17) is 5.73 Å². The Morgan fingerprint density at radius 2 is 1.95 bits per heavy atom. The molecule has 0 saturated carbocycles. The molecule has 2 N–H and O–H groups in total. The summed E-state index contributed by atoms with van der Waals surface area (Å²) in [6.45, 7) is 10.2. The summed E-state index contributed by atoms with van der Waals surface area (Å²) in [5.41, 5.74) is 8.51. The summed E-state index contributed by atoms with van der Waals surface area (Å²) in [5, 5.41) is 0. The molecule has 0 radical (unpaired) electrons. The van der Waals surface area contributed by atoms with Crippen LogP contribution >= 0.6 is 0 Å². The molecule has 0 unspecified atom stereocenters. The number of hydrogen-bond acceptors (Lipinski definition) is 3. The third kappa shape index (κ3) is 3.45. The molecule has 19 heavy (non-hydrogen) atoms. The first-order chi connectivity index (χ1) is 9.22. The van der Waals surface area contributed by atoms with Crippen molar-refractivity contribution in [3.8, 4) is 0 Å². The predicted molar refractivity (Wildman–Crippen MR) is 80.1 cm³/mol. The molecule has 100 valence electrons. The molecule has 0 spiro atoms. The van der Waals surface area contributed by atoms with Gasteiger partial charge in [-0.25, -0.2) is 4.98 Å². The van der Waals surface area contributed by atoms with Crippen molar-refractivity contribution < 1.29 is 0 Å². The van der Waals surface area contributed by atoms with E-state index in [9.17, 15) is 0 Å². The topological polar surface area (TPSA) is 46.6 Å². The zero-order valence-corrected chi connectivity index (χ0v) is 11.1. The Hall–Kier alpha value is -2.07. The molecule has 0 aromatic carbocycles. The molecule has 4 heteroatoms. The van der Waals surface area contributed by atoms with Crippen molar-refractivity contribution in [3.05, 3.63) is 55.5 Å². The second kappa shape index (κ2) is 6.20. The van der Waals surface area contributed by atoms with Gasteiger partial charge in [0.25, 0.3) is 0 Å². The standard InChI is InChI=1S/C15H20N4/c1-3-8-18(9-4-2)10-7-14-12-19-11-13(16)5-6-15(19)17-14/h3-6,11-12H,1-2,7-10,16H2. The number of imidazole rings is 1. The number of hydrogen-bond donors (Lipinski definition) is 1. The van der Waals surface area contributed by atoms with Gasteiger partial charge < -0.3 is 10.1 Å². The number of nitrogen functional groups attached to an aromatic ring is 1. The van der Waals surface area contributed by atoms with Crippen LogP contribution in [0.4, 0.5) is 5.69 Å². The molecule has 2 aromatic heterocycles. The Balaban J connectivity index is 2.04. The highest BCUT2D eigenvalue weighted by Gasteiger charge is 2.05. The SMILES string of the molecule is C=CCN(CC=C)CCc1cn2cc(N)ccc2n1. The third-order valence-electron chi connectivity index (χ3n) is 2.98. The van der Waals surface area contributed by atoms with Crippen LogP contribution in [0, 0.1) is 0 Å². The van der Waals surface area contributed by atoms with E-state index in [1.165, 1.54) is 0 Å². The molecule has 0 bridgehead atoms. The number of rotatable bonds is 7. The smallest absolute Gasteiger partial charge is 0.137 e. The first-order valence-corrected chi connectivity index (χ1v) is 6.40. The van der Waals surface area contributed by atoms with Crippen LogP contribution in [0.15, 0.2) is 49.8 Å². The molecule has 2 heterocycles. The Morgan fingerprint density at radius 3 is 2.63 bits per heavy atom. The average molecular weight is 256 g/mol. The quantitative estimate of drug-likeness (QED) is 0.772. The lowest BCUT2D eigenvalue weighted by Gasteiger charge is -2.17. The number of nitrogens with two attached hydrogens (primary N) is 1. The summed E-state index contributed by atoms with van der Waals surface area (Å²) < 4.78 is 1.97. The van der Waals surface area contributed by atoms with Crippen molar-refractivity contribution in [2.45, 2.75) is 6.42 Å². The van der Waals surface area contributed by atoms with Gasteiger partial charge in [0.1, 0.15) is 5.65 Å². The molecule has 0 amide bonds. The maximum absolute atomic E-state index is 5.76. The first kappa shape index (κ1) is 13.4. The maximum Gasteiger partial charge on any atom is 0.137 e. The lowest BCUT2D eigenvalue weighted by molar-refractivity contribution is 0.339. The molecular weight excluding hydrogens is 236 g/mol. The zero-order chi connectivity index (χ0) is 13.7. The van der Waals surface area contributed by atoms with Gasteiger partial charge in [-0.15, -0.1) is 13.2 Å². The van der Waals surface area contributed by atoms with E-state index in [-0.39, 0.29) is 0 Å². The van der Waals surface area contributed by atoms with E-state index in [1.807, 2.05) is 41.1 Å². The summed E-state index contributed by atoms with van der Waals surface area (Å²) in [4.78, 5) is 6.85. The Labute approximate surface area is 113 Å². The van der Waals surface area contributed by atoms with Crippen LogP contribution in [0.3, 0.4) is 0 Å². The fourth-order valence-corrected chi connectivity index (χ4v) is 2.08. The van der Waals surface area contributed by atoms with Crippen molar-refractivity contribution >= 4 is 11.3 Å². The second-order valence-corrected chi connectivity index (χ2v) is 4.55. The Kier molecular flexibility index (Phi) is 4.36. The average Bonchev–Trinajstić information content (AvgIpc) is 2.78. The van der Waals surface area contributed by atoms with Crippen LogP contribution in [0.5, 0.6) is 0 Å². The summed E-state index contributed by atoms with van der Waals surface area (Å²) in [6, 6.07) is 3.80. The predicted octanol–water partition coefficient (Wildman–Crippen LogP) is 2.13. The molecule has 2 rings (SSSR count). The van der Waals surface area contributed by atoms with Crippen LogP contribution in [0.1, 0.15) is 5.69 Å². The van der Waals surface area contributed by atoms with Crippen LogP contribution < -0.4 is 5.73 Å². The number of pyridine rings is 1. The number of nitrogens with zero attached hydrogens (tertiary/aromatic N) is 3. The summed E-state index contributed by atoms with van der Waals surface area (Å²) >= 11 is 0. The first-order valence-electron chi connectivity index (χ1n) is 6.40. The fourth-order valence-electron chi connectivity index (χ4n) is 2.08. The highest BCUT2D eigenvalue weighted by atomic mass is 15.1. The molecule has 0 fully saturated rings. The minimum atomic E-state index is 0.747. The largest absolute Gasteiger partial charge is 0.398 e. The van der Waals surface area contributed by atoms with Gasteiger partial charge in [0, 0.05) is 44.1 Å². The Bertz CT molecular complexity index is 561. The minimum Gasteiger partial charge on any atom is -0.398 e. The van der Waals surface area contributed by atoms with E-state index in [0.29, 0.717) is 0 Å². The van der Waals surface area contributed by atoms with E-state index >= 15 is 0 Å². The van der Waals surface area contributed by atoms with Crippen LogP contribution in [-0.2, 0) is 6.42 Å². The molecule has 0 atom stereocenters. The maximum atomic E-state index is 5.76. The van der Waals surface area contributed by atoms with E-state index in [2.05, 4.69) is 23.0 Å². The van der Waals surface area contributed by atoms with E-state index in [1.54, 1.807) is 0 Å². The third-order valence-corrected chi connectivity index (χ3v) is 2.98. The lowest BCUT2D eigenvalue weighted by Crippen LogP contribution is -2.26. The summed E-state index contributed by atoms with van der Waals surface area (Å²) in [5.74, 6) is 0. The number of aromatic nitrogens is 2. The molecule has 0 aliphatic rings. The van der Waals surface area contributed by atoms with Gasteiger partial charge in [-0.1, -0.05) is 12.2 Å². The van der Waals surface area contributed by atoms with Crippen molar-refractivity contribution in [3.63, 3.8) is 0 Å². The highest BCUT2D eigenvalue weighted by molar-refractivity contribution is 5.48. The van der Waals surface area contributed by atoms with Crippen molar-refractivity contribution in [1.29, 1.82) is 0 Å². The molecule has 0 aliphatic heterocycles. The van der Waals surface area contributed by atoms with Gasteiger partial charge in [0.2, 0.25) is 0 Å². The molecular formula is C15H20N4. The number of fused-ring (bicyclic) bond motifs is 1. The van der Waals surface area contributed by atoms with Gasteiger partial charge in [-0.2, -0.15) is 0 Å². The van der Waals surface area contributed by atoms with E-state index in [0.717, 1.165) is 43.1 Å². The van der Waals surface area contributed by atoms with Crippen molar-refractivity contribution in [1.82, 2.24) is 14.3 Å². The lowest BCUT2D eigenvalue weighted by atomic mass is 10.3. The summed E-state index contributed by atoms with van der Waals surface area (Å²) in [7, 11) is 0. The van der Waals surface area contributed by atoms with Gasteiger partial charge in [-0.3, -0.25) is 4.90 Å². The normalized spacial score (nSPS) is 11.0. The fraction of sp³-hybridized carbons (Fsp3) is 0.267. The minimum absolute atomic E-state index is 0.747. The van der Waals surface area contributed by atoms with Crippen LogP contribution in [0.25, 0.3) is 5.65 Å². The highest BCUT2D eigenvalue weighted by Crippen LogP contribution is 2.09. The van der Waals surface area contributed by atoms with E-state index < -0.39 is 0 Å². The van der Waals surface area contributed by atoms with Crippen LogP contribution in [-0.4, -0.2) is 33.9 Å². The Morgan fingerprint density at radius 1 is 1.21 bits per heavy atom. The molecule has 0 saturated heterocycles. The number of anilines is 1. The molecule has 0 aliphatic carbocycles. The summed E-state index contributed by atoms with van der Waals surface area (Å²) in [6.07, 6.45) is 8.65. The monoisotopic (exact) mass is 256 g/mol. The molecule has 2 aromatic rings. The van der Waals surface area contributed by atoms with Crippen molar-refractivity contribution in [2.75, 3.05) is 25.4 Å². The van der Waals surface area contributed by atoms with Crippen molar-refractivity contribution in [2.24, 2.45) is 0 Å². The second-order valence-electron chi connectivity index (χ2n) is 4.55. The zero-order valence-electron chi connectivity index (χ0n) is 11.1. The van der Waals surface area contributed by atoms with Gasteiger partial charge >= 0.3 is 0 Å².